The molecule has 0 aliphatic carbocycles. The van der Waals surface area contributed by atoms with Crippen LogP contribution in [0, 0.1) is 0 Å². The number of rotatable bonds is 2. The van der Waals surface area contributed by atoms with E-state index in [0.29, 0.717) is 11.8 Å². The second-order valence-corrected chi connectivity index (χ2v) is 4.28. The molecule has 86 valence electrons. The molecule has 0 bridgehead atoms. The van der Waals surface area contributed by atoms with Crippen molar-refractivity contribution in [1.29, 1.82) is 0 Å². The zero-order chi connectivity index (χ0) is 11.8. The Kier molecular flexibility index (Phi) is 2.18. The van der Waals surface area contributed by atoms with Gasteiger partial charge in [0.05, 0.1) is 5.52 Å². The van der Waals surface area contributed by atoms with Crippen molar-refractivity contribution in [2.75, 3.05) is 5.32 Å². The van der Waals surface area contributed by atoms with E-state index in [-0.39, 0.29) is 0 Å². The number of anilines is 1. The fourth-order valence-electron chi connectivity index (χ4n) is 1.90. The van der Waals surface area contributed by atoms with Crippen LogP contribution in [0.3, 0.4) is 0 Å². The number of benzene rings is 1. The van der Waals surface area contributed by atoms with E-state index in [9.17, 15) is 0 Å². The highest BCUT2D eigenvalue weighted by molar-refractivity contribution is 5.91. The second kappa shape index (κ2) is 3.69. The summed E-state index contributed by atoms with van der Waals surface area (Å²) in [6, 6.07) is 8.43. The number of nitrogens with one attached hydrogen (secondary N) is 1. The predicted molar refractivity (Wildman–Crippen MR) is 67.0 cm³/mol. The van der Waals surface area contributed by atoms with E-state index < -0.39 is 0 Å². The summed E-state index contributed by atoms with van der Waals surface area (Å²) in [5, 5.41) is 12.3. The molecule has 5 nitrogen and oxygen atoms in total. The van der Waals surface area contributed by atoms with Gasteiger partial charge in [-0.1, -0.05) is 12.1 Å². The van der Waals surface area contributed by atoms with Gasteiger partial charge in [-0.25, -0.2) is 0 Å². The number of para-hydroxylation sites is 1. The van der Waals surface area contributed by atoms with Gasteiger partial charge in [-0.2, -0.15) is 4.98 Å². The summed E-state index contributed by atoms with van der Waals surface area (Å²) < 4.78 is 1.89. The van der Waals surface area contributed by atoms with Crippen LogP contribution in [0.4, 0.5) is 5.82 Å². The molecule has 0 aliphatic rings. The van der Waals surface area contributed by atoms with E-state index in [2.05, 4.69) is 34.3 Å². The maximum Gasteiger partial charge on any atom is 0.257 e. The third-order valence-electron chi connectivity index (χ3n) is 2.59. The van der Waals surface area contributed by atoms with E-state index >= 15 is 0 Å². The number of hydrogen-bond acceptors (Lipinski definition) is 4. The summed E-state index contributed by atoms with van der Waals surface area (Å²) in [6.45, 7) is 4.18. The van der Waals surface area contributed by atoms with Gasteiger partial charge in [-0.15, -0.1) is 10.2 Å². The van der Waals surface area contributed by atoms with E-state index in [1.54, 1.807) is 6.33 Å². The topological polar surface area (TPSA) is 55.1 Å². The normalized spacial score (nSPS) is 11.5. The first-order valence-corrected chi connectivity index (χ1v) is 5.61. The van der Waals surface area contributed by atoms with E-state index in [1.807, 2.05) is 28.7 Å². The quantitative estimate of drug-likeness (QED) is 0.728. The third kappa shape index (κ3) is 1.60. The van der Waals surface area contributed by atoms with Crippen LogP contribution in [0.25, 0.3) is 16.7 Å². The van der Waals surface area contributed by atoms with Crippen molar-refractivity contribution >= 4 is 22.5 Å². The lowest BCUT2D eigenvalue weighted by Gasteiger charge is -2.12. The molecule has 0 saturated heterocycles. The van der Waals surface area contributed by atoms with Crippen LogP contribution in [0.5, 0.6) is 0 Å². The largest absolute Gasteiger partial charge is 0.367 e. The van der Waals surface area contributed by atoms with Crippen molar-refractivity contribution in [3.8, 4) is 0 Å². The molecule has 0 spiro atoms. The first kappa shape index (κ1) is 10.0. The molecule has 0 saturated carbocycles. The molecule has 0 radical (unpaired) electrons. The average molecular weight is 227 g/mol. The summed E-state index contributed by atoms with van der Waals surface area (Å²) in [4.78, 5) is 4.48. The molecule has 5 heteroatoms. The number of fused-ring (bicyclic) bond motifs is 3. The van der Waals surface area contributed by atoms with Gasteiger partial charge in [0.1, 0.15) is 12.1 Å². The summed E-state index contributed by atoms with van der Waals surface area (Å²) in [7, 11) is 0. The Morgan fingerprint density at radius 1 is 1.24 bits per heavy atom. The summed E-state index contributed by atoms with van der Waals surface area (Å²) in [5.74, 6) is 1.47. The van der Waals surface area contributed by atoms with Gasteiger partial charge in [0.15, 0.2) is 0 Å². The van der Waals surface area contributed by atoms with Gasteiger partial charge < -0.3 is 5.32 Å². The lowest BCUT2D eigenvalue weighted by molar-refractivity contribution is 0.891. The fourth-order valence-corrected chi connectivity index (χ4v) is 1.90. The van der Waals surface area contributed by atoms with E-state index in [4.69, 9.17) is 0 Å². The van der Waals surface area contributed by atoms with E-state index in [1.165, 1.54) is 0 Å². The minimum Gasteiger partial charge on any atom is -0.367 e. The first-order chi connectivity index (χ1) is 8.25. The van der Waals surface area contributed by atoms with Crippen molar-refractivity contribution in [2.24, 2.45) is 0 Å². The molecule has 3 rings (SSSR count). The average Bonchev–Trinajstić information content (AvgIpc) is 2.77. The lowest BCUT2D eigenvalue weighted by Crippen LogP contribution is -2.12. The van der Waals surface area contributed by atoms with Crippen LogP contribution in [0.2, 0.25) is 0 Å². The zero-order valence-corrected chi connectivity index (χ0v) is 9.75. The van der Waals surface area contributed by atoms with Gasteiger partial charge >= 0.3 is 0 Å². The fraction of sp³-hybridized carbons (Fsp3) is 0.250. The second-order valence-electron chi connectivity index (χ2n) is 4.28. The Hall–Kier alpha value is -2.17. The highest BCUT2D eigenvalue weighted by Crippen LogP contribution is 2.22. The third-order valence-corrected chi connectivity index (χ3v) is 2.59. The van der Waals surface area contributed by atoms with Gasteiger partial charge in [-0.05, 0) is 26.0 Å². The van der Waals surface area contributed by atoms with Gasteiger partial charge in [0, 0.05) is 11.4 Å². The van der Waals surface area contributed by atoms with Crippen LogP contribution >= 0.6 is 0 Å². The molecule has 0 atom stereocenters. The minimum absolute atomic E-state index is 0.330. The van der Waals surface area contributed by atoms with Gasteiger partial charge in [-0.3, -0.25) is 4.40 Å². The number of nitrogens with zero attached hydrogens (tertiary/aromatic N) is 4. The smallest absolute Gasteiger partial charge is 0.257 e. The molecule has 1 N–H and O–H groups in total. The van der Waals surface area contributed by atoms with Crippen molar-refractivity contribution in [3.05, 3.63) is 30.6 Å². The Morgan fingerprint density at radius 3 is 2.88 bits per heavy atom. The summed E-state index contributed by atoms with van der Waals surface area (Å²) in [6.07, 6.45) is 1.68. The van der Waals surface area contributed by atoms with Crippen LogP contribution in [0.1, 0.15) is 13.8 Å². The molecule has 2 aromatic heterocycles. The van der Waals surface area contributed by atoms with E-state index in [0.717, 1.165) is 16.7 Å². The lowest BCUT2D eigenvalue weighted by atomic mass is 10.2. The molecular weight excluding hydrogens is 214 g/mol. The summed E-state index contributed by atoms with van der Waals surface area (Å²) >= 11 is 0. The van der Waals surface area contributed by atoms with Crippen molar-refractivity contribution in [1.82, 2.24) is 19.6 Å². The van der Waals surface area contributed by atoms with Crippen molar-refractivity contribution in [3.63, 3.8) is 0 Å². The van der Waals surface area contributed by atoms with Gasteiger partial charge in [0.2, 0.25) is 0 Å². The summed E-state index contributed by atoms with van der Waals surface area (Å²) in [5.41, 5.74) is 1.06. The highest BCUT2D eigenvalue weighted by Gasteiger charge is 2.09. The SMILES string of the molecule is CC(C)Nc1nc2nncn2c2ccccc12. The van der Waals surface area contributed by atoms with Crippen LogP contribution in [-0.2, 0) is 0 Å². The molecule has 0 unspecified atom stereocenters. The number of aromatic nitrogens is 4. The molecule has 0 fully saturated rings. The molecule has 1 aromatic carbocycles. The van der Waals surface area contributed by atoms with Crippen molar-refractivity contribution in [2.45, 2.75) is 19.9 Å². The highest BCUT2D eigenvalue weighted by atomic mass is 15.3. The standard InChI is InChI=1S/C12H13N5/c1-8(2)14-11-9-5-3-4-6-10(9)17-7-13-16-12(17)15-11/h3-8H,1-2H3,(H,14,15,16). The van der Waals surface area contributed by atoms with Crippen molar-refractivity contribution < 1.29 is 0 Å². The first-order valence-electron chi connectivity index (χ1n) is 5.61. The predicted octanol–water partition coefficient (Wildman–Crippen LogP) is 2.10. The Balaban J connectivity index is 2.37. The molecule has 0 amide bonds. The maximum absolute atomic E-state index is 4.48. The minimum atomic E-state index is 0.330. The molecule has 17 heavy (non-hydrogen) atoms. The number of hydrogen-bond donors (Lipinski definition) is 1. The monoisotopic (exact) mass is 227 g/mol. The Labute approximate surface area is 98.5 Å². The Bertz CT molecular complexity index is 671. The molecule has 0 aliphatic heterocycles. The molecular formula is C12H13N5. The zero-order valence-electron chi connectivity index (χ0n) is 9.75. The van der Waals surface area contributed by atoms with Crippen LogP contribution < -0.4 is 5.32 Å². The van der Waals surface area contributed by atoms with Crippen LogP contribution in [-0.4, -0.2) is 25.6 Å². The molecule has 2 heterocycles. The Morgan fingerprint density at radius 2 is 2.06 bits per heavy atom. The maximum atomic E-state index is 4.48. The molecule has 3 aromatic rings. The van der Waals surface area contributed by atoms with Gasteiger partial charge in [0.25, 0.3) is 5.78 Å². The van der Waals surface area contributed by atoms with Crippen LogP contribution in [0.15, 0.2) is 30.6 Å².